The van der Waals surface area contributed by atoms with Crippen LogP contribution in [0.25, 0.3) is 0 Å². The van der Waals surface area contributed by atoms with Gasteiger partial charge in [-0.3, -0.25) is 0 Å². The van der Waals surface area contributed by atoms with E-state index in [9.17, 15) is 13.2 Å². The molecule has 7 heteroatoms. The van der Waals surface area contributed by atoms with Gasteiger partial charge in [0.2, 0.25) is 5.95 Å². The van der Waals surface area contributed by atoms with Crippen LogP contribution in [0.4, 0.5) is 24.9 Å². The Morgan fingerprint density at radius 3 is 2.53 bits per heavy atom. The molecular formula is C10H15F3N4. The molecule has 0 aliphatic rings. The number of alkyl halides is 3. The lowest BCUT2D eigenvalue weighted by Gasteiger charge is -2.19. The first kappa shape index (κ1) is 13.5. The molecule has 0 spiro atoms. The Balaban J connectivity index is 2.97. The predicted octanol–water partition coefficient (Wildman–Crippen LogP) is 2.31. The van der Waals surface area contributed by atoms with E-state index in [-0.39, 0.29) is 11.8 Å². The minimum atomic E-state index is -4.50. The highest BCUT2D eigenvalue weighted by molar-refractivity contribution is 5.43. The number of nitrogens with zero attached hydrogens (tertiary/aromatic N) is 3. The summed E-state index contributed by atoms with van der Waals surface area (Å²) in [6.45, 7) is 2.63. The zero-order chi connectivity index (χ0) is 13.1. The molecule has 0 atom stereocenters. The van der Waals surface area contributed by atoms with Crippen LogP contribution in [0.2, 0.25) is 0 Å². The van der Waals surface area contributed by atoms with Crippen molar-refractivity contribution in [2.45, 2.75) is 25.9 Å². The predicted molar refractivity (Wildman–Crippen MR) is 59.6 cm³/mol. The first-order valence-corrected chi connectivity index (χ1v) is 5.27. The van der Waals surface area contributed by atoms with E-state index in [0.29, 0.717) is 6.54 Å². The van der Waals surface area contributed by atoms with E-state index >= 15 is 0 Å². The van der Waals surface area contributed by atoms with E-state index < -0.39 is 11.9 Å². The van der Waals surface area contributed by atoms with Gasteiger partial charge in [-0.1, -0.05) is 13.3 Å². The van der Waals surface area contributed by atoms with Crippen LogP contribution in [0.5, 0.6) is 0 Å². The number of unbranched alkanes of at least 4 members (excludes halogenated alkanes) is 1. The van der Waals surface area contributed by atoms with E-state index in [1.54, 1.807) is 11.9 Å². The van der Waals surface area contributed by atoms with Gasteiger partial charge in [0.05, 0.1) is 0 Å². The highest BCUT2D eigenvalue weighted by Crippen LogP contribution is 2.29. The molecule has 0 aromatic carbocycles. The molecular weight excluding hydrogens is 233 g/mol. The second kappa shape index (κ2) is 5.20. The molecule has 4 nitrogen and oxygen atoms in total. The number of anilines is 2. The van der Waals surface area contributed by atoms with E-state index in [2.05, 4.69) is 9.97 Å². The lowest BCUT2D eigenvalue weighted by atomic mass is 10.3. The van der Waals surface area contributed by atoms with Gasteiger partial charge in [0.1, 0.15) is 5.82 Å². The maximum absolute atomic E-state index is 12.5. The lowest BCUT2D eigenvalue weighted by Crippen LogP contribution is -2.22. The zero-order valence-electron chi connectivity index (χ0n) is 9.75. The van der Waals surface area contributed by atoms with Crippen molar-refractivity contribution >= 4 is 11.8 Å². The molecule has 1 aromatic rings. The molecule has 0 unspecified atom stereocenters. The third kappa shape index (κ3) is 3.76. The molecule has 0 fully saturated rings. The van der Waals surface area contributed by atoms with Crippen molar-refractivity contribution in [3.63, 3.8) is 0 Å². The Morgan fingerprint density at radius 2 is 2.00 bits per heavy atom. The van der Waals surface area contributed by atoms with Gasteiger partial charge < -0.3 is 10.6 Å². The summed E-state index contributed by atoms with van der Waals surface area (Å²) in [6.07, 6.45) is -2.67. The third-order valence-corrected chi connectivity index (χ3v) is 2.26. The maximum Gasteiger partial charge on any atom is 0.433 e. The standard InChI is InChI=1S/C10H15F3N4/c1-3-4-5-17(2)8-6-7(10(11,12)13)15-9(14)16-8/h6H,3-5H2,1-2H3,(H2,14,15,16). The van der Waals surface area contributed by atoms with E-state index in [1.165, 1.54) is 0 Å². The van der Waals surface area contributed by atoms with E-state index in [0.717, 1.165) is 18.9 Å². The van der Waals surface area contributed by atoms with Crippen molar-refractivity contribution in [2.24, 2.45) is 0 Å². The second-order valence-corrected chi connectivity index (χ2v) is 3.74. The molecule has 0 saturated heterocycles. The van der Waals surface area contributed by atoms with Crippen LogP contribution in [0, 0.1) is 0 Å². The number of nitrogen functional groups attached to an aromatic ring is 1. The van der Waals surface area contributed by atoms with Crippen molar-refractivity contribution in [3.8, 4) is 0 Å². The van der Waals surface area contributed by atoms with Crippen molar-refractivity contribution in [1.29, 1.82) is 0 Å². The van der Waals surface area contributed by atoms with Crippen molar-refractivity contribution in [1.82, 2.24) is 9.97 Å². The topological polar surface area (TPSA) is 55.0 Å². The fourth-order valence-corrected chi connectivity index (χ4v) is 1.30. The summed E-state index contributed by atoms with van der Waals surface area (Å²) in [6, 6.07) is 0.909. The Morgan fingerprint density at radius 1 is 1.35 bits per heavy atom. The number of nitrogens with two attached hydrogens (primary N) is 1. The second-order valence-electron chi connectivity index (χ2n) is 3.74. The Hall–Kier alpha value is -1.53. The number of hydrogen-bond acceptors (Lipinski definition) is 4. The zero-order valence-corrected chi connectivity index (χ0v) is 9.75. The minimum absolute atomic E-state index is 0.193. The Labute approximate surface area is 97.7 Å². The summed E-state index contributed by atoms with van der Waals surface area (Å²) in [4.78, 5) is 8.61. The van der Waals surface area contributed by atoms with Crippen LogP contribution in [0.15, 0.2) is 6.07 Å². The number of aromatic nitrogens is 2. The third-order valence-electron chi connectivity index (χ3n) is 2.26. The van der Waals surface area contributed by atoms with E-state index in [1.807, 2.05) is 6.92 Å². The molecule has 1 aromatic heterocycles. The number of rotatable bonds is 4. The fourth-order valence-electron chi connectivity index (χ4n) is 1.30. The summed E-state index contributed by atoms with van der Waals surface area (Å²) in [5, 5.41) is 0. The fraction of sp³-hybridized carbons (Fsp3) is 0.600. The summed E-state index contributed by atoms with van der Waals surface area (Å²) in [5.74, 6) is -0.170. The molecule has 1 heterocycles. The monoisotopic (exact) mass is 248 g/mol. The van der Waals surface area contributed by atoms with Crippen LogP contribution in [-0.4, -0.2) is 23.6 Å². The Kier molecular flexibility index (Phi) is 4.14. The molecule has 0 aliphatic heterocycles. The minimum Gasteiger partial charge on any atom is -0.368 e. The van der Waals surface area contributed by atoms with Gasteiger partial charge in [-0.05, 0) is 6.42 Å². The number of hydrogen-bond donors (Lipinski definition) is 1. The van der Waals surface area contributed by atoms with E-state index in [4.69, 9.17) is 5.73 Å². The summed E-state index contributed by atoms with van der Waals surface area (Å²) < 4.78 is 37.5. The molecule has 1 rings (SSSR count). The van der Waals surface area contributed by atoms with Gasteiger partial charge in [-0.25, -0.2) is 4.98 Å². The summed E-state index contributed by atoms with van der Waals surface area (Å²) >= 11 is 0. The molecule has 0 amide bonds. The molecule has 0 aliphatic carbocycles. The van der Waals surface area contributed by atoms with Gasteiger partial charge in [0, 0.05) is 19.7 Å². The summed E-state index contributed by atoms with van der Waals surface area (Å²) in [5.41, 5.74) is 4.26. The normalized spacial score (nSPS) is 11.6. The molecule has 17 heavy (non-hydrogen) atoms. The SMILES string of the molecule is CCCCN(C)c1cc(C(F)(F)F)nc(N)n1. The molecule has 0 saturated carbocycles. The van der Waals surface area contributed by atoms with Gasteiger partial charge in [-0.2, -0.15) is 18.2 Å². The highest BCUT2D eigenvalue weighted by atomic mass is 19.4. The lowest BCUT2D eigenvalue weighted by molar-refractivity contribution is -0.141. The van der Waals surface area contributed by atoms with Gasteiger partial charge in [0.15, 0.2) is 5.69 Å². The quantitative estimate of drug-likeness (QED) is 0.888. The molecule has 0 bridgehead atoms. The van der Waals surface area contributed by atoms with Crippen LogP contribution in [0.3, 0.4) is 0 Å². The smallest absolute Gasteiger partial charge is 0.368 e. The molecule has 2 N–H and O–H groups in total. The van der Waals surface area contributed by atoms with Crippen LogP contribution >= 0.6 is 0 Å². The van der Waals surface area contributed by atoms with Gasteiger partial charge in [-0.15, -0.1) is 0 Å². The Bertz CT molecular complexity index is 378. The van der Waals surface area contributed by atoms with Crippen LogP contribution in [-0.2, 0) is 6.18 Å². The maximum atomic E-state index is 12.5. The van der Waals surface area contributed by atoms with Gasteiger partial charge >= 0.3 is 6.18 Å². The van der Waals surface area contributed by atoms with Crippen molar-refractivity contribution in [2.75, 3.05) is 24.2 Å². The van der Waals surface area contributed by atoms with Crippen LogP contribution in [0.1, 0.15) is 25.5 Å². The summed E-state index contributed by atoms with van der Waals surface area (Å²) in [7, 11) is 1.68. The van der Waals surface area contributed by atoms with Crippen molar-refractivity contribution in [3.05, 3.63) is 11.8 Å². The van der Waals surface area contributed by atoms with Crippen molar-refractivity contribution < 1.29 is 13.2 Å². The number of halogens is 3. The first-order chi connectivity index (χ1) is 7.84. The molecule has 0 radical (unpaired) electrons. The van der Waals surface area contributed by atoms with Crippen LogP contribution < -0.4 is 10.6 Å². The van der Waals surface area contributed by atoms with Gasteiger partial charge in [0.25, 0.3) is 0 Å². The highest BCUT2D eigenvalue weighted by Gasteiger charge is 2.33. The average molecular weight is 248 g/mol. The molecule has 96 valence electrons. The first-order valence-electron chi connectivity index (χ1n) is 5.27. The average Bonchev–Trinajstić information content (AvgIpc) is 2.23. The largest absolute Gasteiger partial charge is 0.433 e.